The summed E-state index contributed by atoms with van der Waals surface area (Å²) in [6.45, 7) is 1.03. The van der Waals surface area contributed by atoms with Gasteiger partial charge >= 0.3 is 0 Å². The SMILES string of the molecule is OC(CNCC(O)C1CCc2cc(F)ccc2O1)C1CCc2cc(F)ccc2O1.OC(CNCC(O)C1CCc2cc(F)ccc2O1)C1CCc2cc(F)ccc2O1.S.S.S.S. The molecule has 4 aliphatic rings. The number of aliphatic hydroxyl groups is 4. The van der Waals surface area contributed by atoms with Gasteiger partial charge in [-0.3, -0.25) is 0 Å². The number of fused-ring (bicyclic) bond motifs is 4. The predicted octanol–water partition coefficient (Wildman–Crippen LogP) is 5.18. The zero-order chi connectivity index (χ0) is 40.8. The Morgan fingerprint density at radius 2 is 0.613 bits per heavy atom. The summed E-state index contributed by atoms with van der Waals surface area (Å²) >= 11 is 0. The summed E-state index contributed by atoms with van der Waals surface area (Å²) in [5.74, 6) is 1.25. The van der Waals surface area contributed by atoms with Gasteiger partial charge in [0.15, 0.2) is 0 Å². The summed E-state index contributed by atoms with van der Waals surface area (Å²) in [6.07, 6.45) is 0.428. The van der Waals surface area contributed by atoms with Crippen molar-refractivity contribution in [3.63, 3.8) is 0 Å². The summed E-state index contributed by atoms with van der Waals surface area (Å²) in [7, 11) is 0. The third-order valence-corrected chi connectivity index (χ3v) is 11.1. The smallest absolute Gasteiger partial charge is 0.126 e. The van der Waals surface area contributed by atoms with Gasteiger partial charge in [0.2, 0.25) is 0 Å². The number of benzene rings is 4. The van der Waals surface area contributed by atoms with Gasteiger partial charge in [-0.25, -0.2) is 17.6 Å². The molecule has 62 heavy (non-hydrogen) atoms. The molecule has 8 unspecified atom stereocenters. The monoisotopic (exact) mass is 946 g/mol. The second-order valence-electron chi connectivity index (χ2n) is 15.4. The van der Waals surface area contributed by atoms with E-state index < -0.39 is 24.4 Å². The van der Waals surface area contributed by atoms with Gasteiger partial charge in [0.1, 0.15) is 95.1 Å². The molecule has 0 saturated carbocycles. The van der Waals surface area contributed by atoms with Crippen LogP contribution in [0.15, 0.2) is 72.8 Å². The van der Waals surface area contributed by atoms with E-state index in [1.54, 1.807) is 24.3 Å². The second kappa shape index (κ2) is 24.9. The van der Waals surface area contributed by atoms with Crippen LogP contribution in [0.3, 0.4) is 0 Å². The molecule has 10 nitrogen and oxygen atoms in total. The second-order valence-corrected chi connectivity index (χ2v) is 15.4. The van der Waals surface area contributed by atoms with E-state index in [0.717, 1.165) is 22.3 Å². The minimum Gasteiger partial charge on any atom is -0.487 e. The number of ether oxygens (including phenoxy) is 4. The number of hydrogen-bond acceptors (Lipinski definition) is 10. The Morgan fingerprint density at radius 1 is 0.403 bits per heavy atom. The Labute approximate surface area is 387 Å². The van der Waals surface area contributed by atoms with E-state index in [4.69, 9.17) is 18.9 Å². The first-order chi connectivity index (χ1) is 28.0. The van der Waals surface area contributed by atoms with Crippen LogP contribution in [0.1, 0.15) is 47.9 Å². The van der Waals surface area contributed by atoms with Crippen LogP contribution in [-0.4, -0.2) is 95.4 Å². The molecule has 0 aliphatic carbocycles. The lowest BCUT2D eigenvalue weighted by molar-refractivity contribution is 0.00889. The van der Waals surface area contributed by atoms with Crippen LogP contribution < -0.4 is 29.6 Å². The average Bonchev–Trinajstić information content (AvgIpc) is 3.22. The fourth-order valence-electron chi connectivity index (χ4n) is 7.88. The largest absolute Gasteiger partial charge is 0.487 e. The number of hydrogen-bond donors (Lipinski definition) is 6. The molecule has 4 aromatic carbocycles. The Bertz CT molecular complexity index is 1750. The Morgan fingerprint density at radius 3 is 0.823 bits per heavy atom. The van der Waals surface area contributed by atoms with Crippen molar-refractivity contribution < 1.29 is 56.9 Å². The normalized spacial score (nSPS) is 21.2. The molecule has 6 N–H and O–H groups in total. The van der Waals surface area contributed by atoms with Crippen molar-refractivity contribution in [1.82, 2.24) is 10.6 Å². The minimum atomic E-state index is -0.753. The van der Waals surface area contributed by atoms with Gasteiger partial charge < -0.3 is 50.0 Å². The molecule has 0 radical (unpaired) electrons. The fraction of sp³-hybridized carbons (Fsp3) is 0.455. The third-order valence-electron chi connectivity index (χ3n) is 11.1. The van der Waals surface area contributed by atoms with Gasteiger partial charge in [0, 0.05) is 26.2 Å². The van der Waals surface area contributed by atoms with Crippen LogP contribution in [0.5, 0.6) is 23.0 Å². The van der Waals surface area contributed by atoms with E-state index in [0.29, 0.717) is 74.4 Å². The van der Waals surface area contributed by atoms with Crippen molar-refractivity contribution >= 4 is 54.0 Å². The maximum absolute atomic E-state index is 13.3. The fourth-order valence-corrected chi connectivity index (χ4v) is 7.88. The molecule has 4 aromatic rings. The molecule has 0 fully saturated rings. The third kappa shape index (κ3) is 14.0. The molecular weight excluding hydrogens is 889 g/mol. The molecule has 4 aliphatic heterocycles. The highest BCUT2D eigenvalue weighted by atomic mass is 32.1. The number of rotatable bonds is 12. The topological polar surface area (TPSA) is 142 Å². The van der Waals surface area contributed by atoms with Crippen LogP contribution in [-0.2, 0) is 25.7 Å². The summed E-state index contributed by atoms with van der Waals surface area (Å²) < 4.78 is 76.3. The molecule has 0 bridgehead atoms. The van der Waals surface area contributed by atoms with E-state index in [-0.39, 0.29) is 128 Å². The summed E-state index contributed by atoms with van der Waals surface area (Å²) in [5, 5.41) is 47.8. The van der Waals surface area contributed by atoms with Gasteiger partial charge in [-0.15, -0.1) is 0 Å². The molecule has 344 valence electrons. The number of aryl methyl sites for hydroxylation is 4. The van der Waals surface area contributed by atoms with Gasteiger partial charge in [-0.05, 0) is 146 Å². The first kappa shape index (κ1) is 53.3. The molecule has 0 aromatic heterocycles. The van der Waals surface area contributed by atoms with Crippen molar-refractivity contribution in [1.29, 1.82) is 0 Å². The minimum absolute atomic E-state index is 0. The highest BCUT2D eigenvalue weighted by Crippen LogP contribution is 2.33. The van der Waals surface area contributed by atoms with Gasteiger partial charge in [0.05, 0.1) is 0 Å². The average molecular weight is 947 g/mol. The van der Waals surface area contributed by atoms with Crippen molar-refractivity contribution in [3.05, 3.63) is 118 Å². The number of nitrogens with one attached hydrogen (secondary N) is 2. The lowest BCUT2D eigenvalue weighted by Crippen LogP contribution is -2.46. The molecule has 0 spiro atoms. The summed E-state index contributed by atoms with van der Waals surface area (Å²) in [5.41, 5.74) is 3.25. The molecule has 4 heterocycles. The molecule has 8 atom stereocenters. The lowest BCUT2D eigenvalue weighted by atomic mass is 9.98. The zero-order valence-electron chi connectivity index (χ0n) is 34.0. The maximum Gasteiger partial charge on any atom is 0.126 e. The van der Waals surface area contributed by atoms with Gasteiger partial charge in [-0.1, -0.05) is 0 Å². The maximum atomic E-state index is 13.3. The van der Waals surface area contributed by atoms with E-state index in [1.165, 1.54) is 48.5 Å². The van der Waals surface area contributed by atoms with E-state index >= 15 is 0 Å². The van der Waals surface area contributed by atoms with Crippen molar-refractivity contribution in [3.8, 4) is 23.0 Å². The van der Waals surface area contributed by atoms with Gasteiger partial charge in [-0.2, -0.15) is 54.0 Å². The number of halogens is 4. The van der Waals surface area contributed by atoms with Crippen LogP contribution in [0.4, 0.5) is 17.6 Å². The van der Waals surface area contributed by atoms with E-state index in [2.05, 4.69) is 10.6 Å². The Balaban J connectivity index is 0.000000310. The van der Waals surface area contributed by atoms with Crippen molar-refractivity contribution in [2.75, 3.05) is 26.2 Å². The predicted molar refractivity (Wildman–Crippen MR) is 248 cm³/mol. The Kier molecular flexibility index (Phi) is 21.4. The molecule has 0 saturated heterocycles. The molecule has 0 amide bonds. The first-order valence-electron chi connectivity index (χ1n) is 19.9. The molecule has 8 rings (SSSR count). The quantitative estimate of drug-likeness (QED) is 0.105. The highest BCUT2D eigenvalue weighted by molar-refractivity contribution is 7.59. The van der Waals surface area contributed by atoms with Crippen molar-refractivity contribution in [2.45, 2.75) is 100 Å². The summed E-state index contributed by atoms with van der Waals surface area (Å²) in [6, 6.07) is 17.6. The zero-order valence-corrected chi connectivity index (χ0v) is 38.0. The van der Waals surface area contributed by atoms with Crippen LogP contribution in [0, 0.1) is 23.3 Å². The van der Waals surface area contributed by atoms with E-state index in [1.807, 2.05) is 0 Å². The number of aliphatic hydroxyl groups excluding tert-OH is 4. The van der Waals surface area contributed by atoms with Gasteiger partial charge in [0.25, 0.3) is 0 Å². The van der Waals surface area contributed by atoms with E-state index in [9.17, 15) is 38.0 Å². The molecular formula is C44H58F4N2O8S4. The first-order valence-corrected chi connectivity index (χ1v) is 19.9. The summed E-state index contributed by atoms with van der Waals surface area (Å²) in [4.78, 5) is 0. The highest BCUT2D eigenvalue weighted by Gasteiger charge is 2.31. The van der Waals surface area contributed by atoms with Crippen LogP contribution in [0.25, 0.3) is 0 Å². The standard InChI is InChI=1S/2C22H25F2NO4.4H2S/c2*23-15-3-7-19-13(9-15)1-5-21(28-19)17(26)11-25-12-18(27)22-6-2-14-10-16(24)4-8-20(14)29-22;;;;/h2*3-4,7-10,17-18,21-22,25-27H,1-2,5-6,11-12H2;4*1H2. The lowest BCUT2D eigenvalue weighted by Gasteiger charge is -2.31. The van der Waals surface area contributed by atoms with Crippen LogP contribution >= 0.6 is 54.0 Å². The molecule has 18 heteroatoms. The van der Waals surface area contributed by atoms with Crippen molar-refractivity contribution in [2.24, 2.45) is 0 Å². The Hall–Kier alpha value is -3.04. The van der Waals surface area contributed by atoms with Crippen LogP contribution in [0.2, 0.25) is 0 Å².